The van der Waals surface area contributed by atoms with Crippen molar-refractivity contribution in [3.05, 3.63) is 47.8 Å². The fraction of sp³-hybridized carbons (Fsp3) is 0.450. The van der Waals surface area contributed by atoms with E-state index in [4.69, 9.17) is 4.74 Å². The molecule has 2 aromatic rings. The molecule has 2 aliphatic heterocycles. The molecule has 1 saturated heterocycles. The monoisotopic (exact) mass is 368 g/mol. The molecule has 0 unspecified atom stereocenters. The Morgan fingerprint density at radius 2 is 2.15 bits per heavy atom. The van der Waals surface area contributed by atoms with E-state index in [1.54, 1.807) is 0 Å². The number of nitrogens with one attached hydrogen (secondary N) is 1. The molecule has 2 N–H and O–H groups in total. The first-order valence-corrected chi connectivity index (χ1v) is 9.34. The summed E-state index contributed by atoms with van der Waals surface area (Å²) in [4.78, 5) is 23.0. The predicted molar refractivity (Wildman–Crippen MR) is 101 cm³/mol. The quantitative estimate of drug-likeness (QED) is 0.809. The highest BCUT2D eigenvalue weighted by Crippen LogP contribution is 2.49. The Labute approximate surface area is 158 Å². The summed E-state index contributed by atoms with van der Waals surface area (Å²) in [5.41, 5.74) is 1.06. The summed E-state index contributed by atoms with van der Waals surface area (Å²) >= 11 is 0. The zero-order chi connectivity index (χ0) is 18.9. The topological polar surface area (TPSA) is 87.6 Å². The van der Waals surface area contributed by atoms with Crippen LogP contribution in [0.5, 0.6) is 5.75 Å². The normalized spacial score (nSPS) is 24.0. The molecule has 7 heteroatoms. The third-order valence-electron chi connectivity index (χ3n) is 5.46. The maximum atomic E-state index is 12.2. The highest BCUT2D eigenvalue weighted by Gasteiger charge is 2.56. The summed E-state index contributed by atoms with van der Waals surface area (Å²) in [6, 6.07) is 7.76. The molecule has 1 aromatic carbocycles. The molecule has 0 aliphatic carbocycles. The van der Waals surface area contributed by atoms with Crippen LogP contribution < -0.4 is 10.1 Å². The van der Waals surface area contributed by atoms with Gasteiger partial charge in [0.15, 0.2) is 0 Å². The molecular formula is C20H24N4O3. The number of benzene rings is 1. The third kappa shape index (κ3) is 3.23. The van der Waals surface area contributed by atoms with Crippen LogP contribution in [0.3, 0.4) is 0 Å². The van der Waals surface area contributed by atoms with Gasteiger partial charge in [-0.3, -0.25) is 9.69 Å². The molecule has 0 radical (unpaired) electrons. The van der Waals surface area contributed by atoms with E-state index in [0.29, 0.717) is 25.6 Å². The first-order chi connectivity index (χ1) is 13.1. The van der Waals surface area contributed by atoms with E-state index in [9.17, 15) is 9.90 Å². The van der Waals surface area contributed by atoms with Crippen molar-refractivity contribution in [1.29, 1.82) is 0 Å². The van der Waals surface area contributed by atoms with Gasteiger partial charge in [0, 0.05) is 50.1 Å². The van der Waals surface area contributed by atoms with Crippen molar-refractivity contribution in [3.63, 3.8) is 0 Å². The number of rotatable bonds is 6. The van der Waals surface area contributed by atoms with Gasteiger partial charge in [0.1, 0.15) is 17.8 Å². The van der Waals surface area contributed by atoms with Crippen molar-refractivity contribution in [2.45, 2.75) is 25.8 Å². The van der Waals surface area contributed by atoms with Crippen LogP contribution in [0.4, 0.5) is 5.95 Å². The lowest BCUT2D eigenvalue weighted by molar-refractivity contribution is -0.151. The third-order valence-corrected chi connectivity index (χ3v) is 5.46. The summed E-state index contributed by atoms with van der Waals surface area (Å²) < 4.78 is 5.81. The molecule has 4 rings (SSSR count). The second kappa shape index (κ2) is 7.15. The number of aromatic nitrogens is 2. The Morgan fingerprint density at radius 1 is 1.37 bits per heavy atom. The van der Waals surface area contributed by atoms with Crippen molar-refractivity contribution in [2.24, 2.45) is 5.41 Å². The molecule has 0 saturated carbocycles. The van der Waals surface area contributed by atoms with Crippen molar-refractivity contribution in [1.82, 2.24) is 14.9 Å². The van der Waals surface area contributed by atoms with Gasteiger partial charge in [-0.25, -0.2) is 9.97 Å². The number of likely N-dealkylation sites (tertiary alicyclic amines) is 1. The van der Waals surface area contributed by atoms with E-state index >= 15 is 0 Å². The molecule has 0 amide bonds. The van der Waals surface area contributed by atoms with Crippen LogP contribution in [0.2, 0.25) is 0 Å². The van der Waals surface area contributed by atoms with Crippen LogP contribution in [0, 0.1) is 5.41 Å². The van der Waals surface area contributed by atoms with Gasteiger partial charge in [-0.15, -0.1) is 0 Å². The van der Waals surface area contributed by atoms with Gasteiger partial charge in [-0.2, -0.15) is 0 Å². The fourth-order valence-corrected chi connectivity index (χ4v) is 4.08. The Hall–Kier alpha value is -2.67. The van der Waals surface area contributed by atoms with E-state index in [1.807, 2.05) is 36.7 Å². The summed E-state index contributed by atoms with van der Waals surface area (Å²) in [5, 5.41) is 13.1. The van der Waals surface area contributed by atoms with Gasteiger partial charge < -0.3 is 15.2 Å². The van der Waals surface area contributed by atoms with E-state index in [1.165, 1.54) is 0 Å². The van der Waals surface area contributed by atoms with E-state index < -0.39 is 11.4 Å². The van der Waals surface area contributed by atoms with Gasteiger partial charge in [0.05, 0.1) is 0 Å². The maximum Gasteiger partial charge on any atom is 0.315 e. The van der Waals surface area contributed by atoms with E-state index in [0.717, 1.165) is 29.8 Å². The zero-order valence-electron chi connectivity index (χ0n) is 15.4. The highest BCUT2D eigenvalue weighted by molar-refractivity contribution is 5.78. The van der Waals surface area contributed by atoms with Crippen molar-refractivity contribution in [3.8, 4) is 5.75 Å². The van der Waals surface area contributed by atoms with Gasteiger partial charge in [-0.1, -0.05) is 25.1 Å². The van der Waals surface area contributed by atoms with Gasteiger partial charge in [-0.05, 0) is 18.1 Å². The molecule has 1 fully saturated rings. The second-order valence-corrected chi connectivity index (χ2v) is 7.35. The fourth-order valence-electron chi connectivity index (χ4n) is 4.08. The largest absolute Gasteiger partial charge is 0.492 e. The molecule has 2 aliphatic rings. The van der Waals surface area contributed by atoms with Crippen LogP contribution in [-0.2, 0) is 11.3 Å². The lowest BCUT2D eigenvalue weighted by Crippen LogP contribution is -2.45. The van der Waals surface area contributed by atoms with Crippen LogP contribution in [0.15, 0.2) is 36.7 Å². The molecular weight excluding hydrogens is 344 g/mol. The second-order valence-electron chi connectivity index (χ2n) is 7.35. The van der Waals surface area contributed by atoms with E-state index in [2.05, 4.69) is 27.1 Å². The maximum absolute atomic E-state index is 12.2. The summed E-state index contributed by atoms with van der Waals surface area (Å²) in [6.45, 7) is 4.90. The summed E-state index contributed by atoms with van der Waals surface area (Å²) in [5.74, 6) is 0.558. The minimum atomic E-state index is -0.905. The van der Waals surface area contributed by atoms with Gasteiger partial charge in [0.25, 0.3) is 0 Å². The zero-order valence-corrected chi connectivity index (χ0v) is 15.4. The molecule has 142 valence electrons. The number of carboxylic acids is 1. The molecule has 0 spiro atoms. The standard InChI is InChI=1S/C20H24N4O3/c1-2-7-21-19-22-8-14(9-23-19)10-24-11-16-15-5-3-4-6-17(15)27-13-20(16,12-24)18(25)26/h3-6,8-9,16H,2,7,10-13H2,1H3,(H,25,26)(H,21,22,23)/t16-,20-/m1/s1. The molecule has 3 heterocycles. The Bertz CT molecular complexity index is 826. The number of nitrogens with zero attached hydrogens (tertiary/aromatic N) is 3. The average molecular weight is 368 g/mol. The molecule has 1 aromatic heterocycles. The minimum Gasteiger partial charge on any atom is -0.492 e. The lowest BCUT2D eigenvalue weighted by Gasteiger charge is -2.35. The number of para-hydroxylation sites is 1. The number of aliphatic carboxylic acids is 1. The van der Waals surface area contributed by atoms with Crippen molar-refractivity contribution < 1.29 is 14.6 Å². The van der Waals surface area contributed by atoms with Crippen LogP contribution in [0.25, 0.3) is 0 Å². The van der Waals surface area contributed by atoms with Crippen LogP contribution >= 0.6 is 0 Å². The molecule has 7 nitrogen and oxygen atoms in total. The first-order valence-electron chi connectivity index (χ1n) is 9.34. The number of fused-ring (bicyclic) bond motifs is 3. The predicted octanol–water partition coefficient (Wildman–Crippen LogP) is 2.36. The smallest absolute Gasteiger partial charge is 0.315 e. The number of hydrogen-bond acceptors (Lipinski definition) is 6. The Kier molecular flexibility index (Phi) is 4.70. The van der Waals surface area contributed by atoms with Crippen molar-refractivity contribution >= 4 is 11.9 Å². The average Bonchev–Trinajstić information content (AvgIpc) is 3.07. The minimum absolute atomic E-state index is 0.0774. The SMILES string of the molecule is CCCNc1ncc(CN2C[C@@H]3c4ccccc4OC[C@]3(C(=O)O)C2)cn1. The number of hydrogen-bond donors (Lipinski definition) is 2. The molecule has 2 atom stereocenters. The highest BCUT2D eigenvalue weighted by atomic mass is 16.5. The van der Waals surface area contributed by atoms with Crippen LogP contribution in [-0.4, -0.2) is 52.2 Å². The Morgan fingerprint density at radius 3 is 2.89 bits per heavy atom. The van der Waals surface area contributed by atoms with Gasteiger partial charge in [0.2, 0.25) is 5.95 Å². The Balaban J connectivity index is 1.52. The summed E-state index contributed by atoms with van der Waals surface area (Å²) in [7, 11) is 0. The number of carbonyl (C=O) groups is 1. The van der Waals surface area contributed by atoms with Gasteiger partial charge >= 0.3 is 5.97 Å². The first kappa shape index (κ1) is 17.7. The number of anilines is 1. The van der Waals surface area contributed by atoms with E-state index in [-0.39, 0.29) is 12.5 Å². The summed E-state index contributed by atoms with van der Waals surface area (Å²) in [6.07, 6.45) is 4.64. The van der Waals surface area contributed by atoms with Crippen molar-refractivity contribution in [2.75, 3.05) is 31.6 Å². The molecule has 27 heavy (non-hydrogen) atoms. The van der Waals surface area contributed by atoms with Crippen LogP contribution in [0.1, 0.15) is 30.4 Å². The molecule has 0 bridgehead atoms. The lowest BCUT2D eigenvalue weighted by atomic mass is 9.73. The number of carboxylic acid groups (broad SMARTS) is 1. The number of ether oxygens (including phenoxy) is 1.